The average Bonchev–Trinajstić information content (AvgIpc) is 2.36. The van der Waals surface area contributed by atoms with Crippen LogP contribution in [0.5, 0.6) is 0 Å². The van der Waals surface area contributed by atoms with Crippen LogP contribution in [0.25, 0.3) is 0 Å². The first-order valence-corrected chi connectivity index (χ1v) is 5.06. The number of hydrogen-bond acceptors (Lipinski definition) is 3. The highest BCUT2D eigenvalue weighted by Crippen LogP contribution is 1.93. The van der Waals surface area contributed by atoms with Crippen molar-refractivity contribution in [3.8, 4) is 0 Å². The van der Waals surface area contributed by atoms with Crippen molar-refractivity contribution in [2.24, 2.45) is 12.1 Å². The van der Waals surface area contributed by atoms with E-state index in [0.717, 1.165) is 14.8 Å². The van der Waals surface area contributed by atoms with E-state index in [0.29, 0.717) is 0 Å². The highest BCUT2D eigenvalue weighted by Gasteiger charge is 1.98. The Hall–Kier alpha value is -2.43. The summed E-state index contributed by atoms with van der Waals surface area (Å²) < 4.78 is 2.12. The van der Waals surface area contributed by atoms with Gasteiger partial charge in [-0.25, -0.2) is 4.79 Å². The second-order valence-electron chi connectivity index (χ2n) is 3.50. The van der Waals surface area contributed by atoms with Crippen molar-refractivity contribution in [1.82, 2.24) is 9.24 Å². The number of aromatic nitrogens is 2. The van der Waals surface area contributed by atoms with Gasteiger partial charge in [0.05, 0.1) is 6.21 Å². The maximum absolute atomic E-state index is 11.6. The van der Waals surface area contributed by atoms with E-state index in [1.54, 1.807) is 6.21 Å². The molecule has 0 unspecified atom stereocenters. The zero-order valence-electron chi connectivity index (χ0n) is 9.28. The lowest BCUT2D eigenvalue weighted by Crippen LogP contribution is -2.35. The maximum Gasteiger partial charge on any atom is 0.351 e. The van der Waals surface area contributed by atoms with Crippen molar-refractivity contribution in [3.63, 3.8) is 0 Å². The molecular weight excluding hydrogens is 218 g/mol. The minimum Gasteiger partial charge on any atom is -0.269 e. The quantitative estimate of drug-likeness (QED) is 0.701. The predicted molar refractivity (Wildman–Crippen MR) is 65.4 cm³/mol. The summed E-state index contributed by atoms with van der Waals surface area (Å²) in [5, 5.41) is 4.00. The summed E-state index contributed by atoms with van der Waals surface area (Å²) >= 11 is 0. The predicted octanol–water partition coefficient (Wildman–Crippen LogP) is 0.429. The third kappa shape index (κ3) is 2.39. The van der Waals surface area contributed by atoms with Gasteiger partial charge in [0.25, 0.3) is 5.56 Å². The number of hydrogen-bond donors (Lipinski definition) is 0. The van der Waals surface area contributed by atoms with Crippen LogP contribution in [-0.4, -0.2) is 15.5 Å². The molecule has 0 amide bonds. The highest BCUT2D eigenvalue weighted by molar-refractivity contribution is 5.79. The van der Waals surface area contributed by atoms with Gasteiger partial charge >= 0.3 is 5.69 Å². The van der Waals surface area contributed by atoms with Gasteiger partial charge in [0, 0.05) is 19.3 Å². The minimum absolute atomic E-state index is 0.346. The molecule has 2 aromatic rings. The van der Waals surface area contributed by atoms with Crippen LogP contribution in [0.3, 0.4) is 0 Å². The van der Waals surface area contributed by atoms with Gasteiger partial charge in [-0.15, -0.1) is 0 Å². The minimum atomic E-state index is -0.468. The maximum atomic E-state index is 11.6. The summed E-state index contributed by atoms with van der Waals surface area (Å²) in [5.74, 6) is 0. The lowest BCUT2D eigenvalue weighted by Gasteiger charge is -1.99. The lowest BCUT2D eigenvalue weighted by molar-refractivity contribution is 0.675. The van der Waals surface area contributed by atoms with Crippen LogP contribution < -0.4 is 11.2 Å². The molecule has 0 spiro atoms. The molecule has 0 saturated carbocycles. The van der Waals surface area contributed by atoms with Crippen LogP contribution in [0.4, 0.5) is 0 Å². The second kappa shape index (κ2) is 4.61. The Morgan fingerprint density at radius 3 is 2.53 bits per heavy atom. The fourth-order valence-electron chi connectivity index (χ4n) is 1.31. The molecule has 1 heterocycles. The zero-order chi connectivity index (χ0) is 12.3. The molecule has 5 nitrogen and oxygen atoms in total. The van der Waals surface area contributed by atoms with Crippen molar-refractivity contribution in [2.45, 2.75) is 0 Å². The van der Waals surface area contributed by atoms with Crippen LogP contribution in [0.2, 0.25) is 0 Å². The molecule has 1 aromatic carbocycles. The van der Waals surface area contributed by atoms with E-state index < -0.39 is 5.69 Å². The van der Waals surface area contributed by atoms with E-state index in [4.69, 9.17) is 0 Å². The molecule has 5 heteroatoms. The van der Waals surface area contributed by atoms with Crippen molar-refractivity contribution < 1.29 is 0 Å². The monoisotopic (exact) mass is 229 g/mol. The van der Waals surface area contributed by atoms with Crippen LogP contribution in [0.1, 0.15) is 5.56 Å². The normalized spacial score (nSPS) is 10.9. The van der Waals surface area contributed by atoms with Crippen molar-refractivity contribution in [1.29, 1.82) is 0 Å². The fraction of sp³-hybridized carbons (Fsp3) is 0.0833. The number of benzene rings is 1. The molecular formula is C12H11N3O2. The fourth-order valence-corrected chi connectivity index (χ4v) is 1.31. The highest BCUT2D eigenvalue weighted by atomic mass is 16.2. The summed E-state index contributed by atoms with van der Waals surface area (Å²) in [7, 11) is 1.42. The zero-order valence-corrected chi connectivity index (χ0v) is 9.28. The van der Waals surface area contributed by atoms with Gasteiger partial charge in [0.15, 0.2) is 0 Å². The summed E-state index contributed by atoms with van der Waals surface area (Å²) in [6, 6.07) is 10.7. The number of nitrogens with zero attached hydrogens (tertiary/aromatic N) is 3. The Bertz CT molecular complexity index is 653. The summed E-state index contributed by atoms with van der Waals surface area (Å²) in [6.45, 7) is 0. The summed E-state index contributed by atoms with van der Waals surface area (Å²) in [5.41, 5.74) is 0.0686. The molecule has 1 aromatic heterocycles. The first-order chi connectivity index (χ1) is 8.18. The average molecular weight is 229 g/mol. The second-order valence-corrected chi connectivity index (χ2v) is 3.50. The van der Waals surface area contributed by atoms with Gasteiger partial charge in [0.2, 0.25) is 0 Å². The van der Waals surface area contributed by atoms with Crippen molar-refractivity contribution in [2.75, 3.05) is 0 Å². The van der Waals surface area contributed by atoms with Gasteiger partial charge in [-0.1, -0.05) is 30.3 Å². The SMILES string of the molecule is Cn1c(=O)ccn(N=Cc2ccccc2)c1=O. The standard InChI is InChI=1S/C12H11N3O2/c1-14-11(16)7-8-15(12(14)17)13-9-10-5-3-2-4-6-10/h2-9H,1H3. The largest absolute Gasteiger partial charge is 0.351 e. The Labute approximate surface area is 97.3 Å². The van der Waals surface area contributed by atoms with Crippen LogP contribution >= 0.6 is 0 Å². The first kappa shape index (κ1) is 11.1. The summed E-state index contributed by atoms with van der Waals surface area (Å²) in [6.07, 6.45) is 2.91. The molecule has 0 saturated heterocycles. The van der Waals surface area contributed by atoms with Gasteiger partial charge < -0.3 is 0 Å². The molecule has 2 rings (SSSR count). The van der Waals surface area contributed by atoms with Crippen molar-refractivity contribution >= 4 is 6.21 Å². The molecule has 0 aliphatic carbocycles. The van der Waals surface area contributed by atoms with E-state index in [1.165, 1.54) is 19.3 Å². The smallest absolute Gasteiger partial charge is 0.269 e. The molecule has 17 heavy (non-hydrogen) atoms. The molecule has 86 valence electrons. The Kier molecular flexibility index (Phi) is 3.00. The molecule has 0 aliphatic rings. The van der Waals surface area contributed by atoms with E-state index in [1.807, 2.05) is 30.3 Å². The molecule has 0 atom stereocenters. The molecule has 0 bridgehead atoms. The van der Waals surface area contributed by atoms with Crippen LogP contribution in [0.15, 0.2) is 57.3 Å². The Balaban J connectivity index is 2.38. The van der Waals surface area contributed by atoms with E-state index in [-0.39, 0.29) is 5.56 Å². The lowest BCUT2D eigenvalue weighted by atomic mass is 10.2. The molecule has 0 N–H and O–H groups in total. The number of rotatable bonds is 2. The van der Waals surface area contributed by atoms with Gasteiger partial charge in [-0.2, -0.15) is 9.78 Å². The Morgan fingerprint density at radius 2 is 1.82 bits per heavy atom. The summed E-state index contributed by atoms with van der Waals surface area (Å²) in [4.78, 5) is 22.8. The first-order valence-electron chi connectivity index (χ1n) is 5.06. The van der Waals surface area contributed by atoms with Gasteiger partial charge in [-0.05, 0) is 5.56 Å². The van der Waals surface area contributed by atoms with E-state index in [2.05, 4.69) is 5.10 Å². The van der Waals surface area contributed by atoms with Crippen LogP contribution in [-0.2, 0) is 7.05 Å². The molecule has 0 aliphatic heterocycles. The van der Waals surface area contributed by atoms with Crippen LogP contribution in [0, 0.1) is 0 Å². The topological polar surface area (TPSA) is 56.4 Å². The van der Waals surface area contributed by atoms with Gasteiger partial charge in [-0.3, -0.25) is 9.36 Å². The Morgan fingerprint density at radius 1 is 1.12 bits per heavy atom. The van der Waals surface area contributed by atoms with Gasteiger partial charge in [0.1, 0.15) is 0 Å². The van der Waals surface area contributed by atoms with Crippen molar-refractivity contribution in [3.05, 3.63) is 69.0 Å². The molecule has 0 fully saturated rings. The van der Waals surface area contributed by atoms with E-state index >= 15 is 0 Å². The van der Waals surface area contributed by atoms with E-state index in [9.17, 15) is 9.59 Å². The third-order valence-electron chi connectivity index (χ3n) is 2.30. The molecule has 0 radical (unpaired) electrons. The third-order valence-corrected chi connectivity index (χ3v) is 2.30.